The SMILES string of the molecule is Cc1ccccc1C1(CCCOc2ccccc2)CNC1. The van der Waals surface area contributed by atoms with Crippen molar-refractivity contribution in [3.05, 3.63) is 65.7 Å². The van der Waals surface area contributed by atoms with E-state index >= 15 is 0 Å². The second-order valence-electron chi connectivity index (χ2n) is 5.96. The van der Waals surface area contributed by atoms with Crippen LogP contribution >= 0.6 is 0 Å². The Kier molecular flexibility index (Phi) is 4.26. The van der Waals surface area contributed by atoms with Crippen LogP contribution in [0.5, 0.6) is 5.75 Å². The maximum absolute atomic E-state index is 5.82. The van der Waals surface area contributed by atoms with E-state index in [0.29, 0.717) is 5.41 Å². The van der Waals surface area contributed by atoms with E-state index in [-0.39, 0.29) is 0 Å². The first-order valence-electron chi connectivity index (χ1n) is 7.75. The van der Waals surface area contributed by atoms with Crippen LogP contribution < -0.4 is 10.1 Å². The van der Waals surface area contributed by atoms with Crippen molar-refractivity contribution in [1.82, 2.24) is 5.32 Å². The minimum Gasteiger partial charge on any atom is -0.494 e. The quantitative estimate of drug-likeness (QED) is 0.815. The minimum absolute atomic E-state index is 0.311. The van der Waals surface area contributed by atoms with E-state index in [0.717, 1.165) is 31.9 Å². The summed E-state index contributed by atoms with van der Waals surface area (Å²) >= 11 is 0. The van der Waals surface area contributed by atoms with Gasteiger partial charge in [-0.05, 0) is 43.0 Å². The number of ether oxygens (including phenoxy) is 1. The van der Waals surface area contributed by atoms with E-state index in [2.05, 4.69) is 36.5 Å². The lowest BCUT2D eigenvalue weighted by atomic mass is 9.70. The normalized spacial score (nSPS) is 16.2. The molecule has 1 heterocycles. The summed E-state index contributed by atoms with van der Waals surface area (Å²) in [5.41, 5.74) is 3.22. The van der Waals surface area contributed by atoms with Crippen molar-refractivity contribution in [1.29, 1.82) is 0 Å². The van der Waals surface area contributed by atoms with E-state index in [1.54, 1.807) is 0 Å². The fourth-order valence-electron chi connectivity index (χ4n) is 3.21. The molecule has 1 N–H and O–H groups in total. The molecular formula is C19H23NO. The topological polar surface area (TPSA) is 21.3 Å². The molecule has 0 atom stereocenters. The molecule has 1 fully saturated rings. The summed E-state index contributed by atoms with van der Waals surface area (Å²) in [4.78, 5) is 0. The number of rotatable bonds is 6. The van der Waals surface area contributed by atoms with Gasteiger partial charge in [-0.25, -0.2) is 0 Å². The Labute approximate surface area is 127 Å². The number of aryl methyl sites for hydroxylation is 1. The Hall–Kier alpha value is -1.80. The second-order valence-corrected chi connectivity index (χ2v) is 5.96. The molecule has 1 saturated heterocycles. The van der Waals surface area contributed by atoms with E-state index in [4.69, 9.17) is 4.74 Å². The van der Waals surface area contributed by atoms with Crippen LogP contribution in [-0.2, 0) is 5.41 Å². The highest BCUT2D eigenvalue weighted by atomic mass is 16.5. The number of benzene rings is 2. The number of para-hydroxylation sites is 1. The average molecular weight is 281 g/mol. The molecule has 2 aromatic rings. The molecule has 0 radical (unpaired) electrons. The summed E-state index contributed by atoms with van der Waals surface area (Å²) in [6.07, 6.45) is 2.27. The predicted molar refractivity (Wildman–Crippen MR) is 86.9 cm³/mol. The molecule has 2 heteroatoms. The summed E-state index contributed by atoms with van der Waals surface area (Å²) < 4.78 is 5.82. The van der Waals surface area contributed by atoms with Crippen LogP contribution in [0.2, 0.25) is 0 Å². The minimum atomic E-state index is 0.311. The van der Waals surface area contributed by atoms with Gasteiger partial charge in [-0.2, -0.15) is 0 Å². The van der Waals surface area contributed by atoms with Crippen molar-refractivity contribution in [2.45, 2.75) is 25.2 Å². The largest absolute Gasteiger partial charge is 0.494 e. The molecule has 0 aliphatic carbocycles. The summed E-state index contributed by atoms with van der Waals surface area (Å²) in [6, 6.07) is 18.9. The van der Waals surface area contributed by atoms with Gasteiger partial charge in [-0.3, -0.25) is 0 Å². The Morgan fingerprint density at radius 2 is 1.71 bits per heavy atom. The van der Waals surface area contributed by atoms with Gasteiger partial charge >= 0.3 is 0 Å². The maximum Gasteiger partial charge on any atom is 0.119 e. The monoisotopic (exact) mass is 281 g/mol. The summed E-state index contributed by atoms with van der Waals surface area (Å²) in [5, 5.41) is 3.45. The second kappa shape index (κ2) is 6.31. The Balaban J connectivity index is 1.57. The lowest BCUT2D eigenvalue weighted by molar-refractivity contribution is 0.222. The van der Waals surface area contributed by atoms with Crippen LogP contribution in [0, 0.1) is 6.92 Å². The summed E-state index contributed by atoms with van der Waals surface area (Å²) in [7, 11) is 0. The highest BCUT2D eigenvalue weighted by molar-refractivity contribution is 5.36. The maximum atomic E-state index is 5.82. The molecule has 2 nitrogen and oxygen atoms in total. The molecule has 1 aliphatic heterocycles. The third kappa shape index (κ3) is 3.11. The van der Waals surface area contributed by atoms with Crippen molar-refractivity contribution < 1.29 is 4.74 Å². The summed E-state index contributed by atoms with van der Waals surface area (Å²) in [5.74, 6) is 0.967. The molecule has 0 saturated carbocycles. The molecule has 2 aromatic carbocycles. The number of nitrogens with one attached hydrogen (secondary N) is 1. The van der Waals surface area contributed by atoms with Crippen LogP contribution in [0.4, 0.5) is 0 Å². The average Bonchev–Trinajstić information content (AvgIpc) is 2.48. The lowest BCUT2D eigenvalue weighted by Gasteiger charge is -2.44. The molecule has 110 valence electrons. The first-order valence-corrected chi connectivity index (χ1v) is 7.75. The van der Waals surface area contributed by atoms with Gasteiger partial charge in [-0.15, -0.1) is 0 Å². The molecule has 3 rings (SSSR count). The van der Waals surface area contributed by atoms with Gasteiger partial charge in [0.1, 0.15) is 5.75 Å². The Morgan fingerprint density at radius 1 is 1.00 bits per heavy atom. The smallest absolute Gasteiger partial charge is 0.119 e. The third-order valence-electron chi connectivity index (χ3n) is 4.45. The van der Waals surface area contributed by atoms with Gasteiger partial charge in [0.15, 0.2) is 0 Å². The van der Waals surface area contributed by atoms with E-state index in [1.165, 1.54) is 17.5 Å². The standard InChI is InChI=1S/C19H23NO/c1-16-8-5-6-11-18(16)19(14-20-15-19)12-7-13-21-17-9-3-2-4-10-17/h2-6,8-11,20H,7,12-15H2,1H3. The molecular weight excluding hydrogens is 258 g/mol. The van der Waals surface area contributed by atoms with Crippen molar-refractivity contribution in [3.8, 4) is 5.75 Å². The summed E-state index contributed by atoms with van der Waals surface area (Å²) in [6.45, 7) is 5.18. The van der Waals surface area contributed by atoms with Gasteiger partial charge in [0, 0.05) is 18.5 Å². The zero-order valence-electron chi connectivity index (χ0n) is 12.6. The van der Waals surface area contributed by atoms with Gasteiger partial charge < -0.3 is 10.1 Å². The fourth-order valence-corrected chi connectivity index (χ4v) is 3.21. The molecule has 21 heavy (non-hydrogen) atoms. The van der Waals surface area contributed by atoms with Gasteiger partial charge in [0.2, 0.25) is 0 Å². The molecule has 0 aromatic heterocycles. The number of hydrogen-bond acceptors (Lipinski definition) is 2. The zero-order valence-corrected chi connectivity index (χ0v) is 12.6. The Bertz CT molecular complexity index is 575. The highest BCUT2D eigenvalue weighted by Crippen LogP contribution is 2.35. The van der Waals surface area contributed by atoms with Crippen LogP contribution in [0.3, 0.4) is 0 Å². The third-order valence-corrected chi connectivity index (χ3v) is 4.45. The number of hydrogen-bond donors (Lipinski definition) is 1. The van der Waals surface area contributed by atoms with E-state index in [1.807, 2.05) is 30.3 Å². The fraction of sp³-hybridized carbons (Fsp3) is 0.368. The van der Waals surface area contributed by atoms with Crippen LogP contribution in [0.1, 0.15) is 24.0 Å². The Morgan fingerprint density at radius 3 is 2.38 bits per heavy atom. The van der Waals surface area contributed by atoms with E-state index in [9.17, 15) is 0 Å². The first-order chi connectivity index (χ1) is 10.3. The van der Waals surface area contributed by atoms with Crippen molar-refractivity contribution >= 4 is 0 Å². The van der Waals surface area contributed by atoms with Crippen LogP contribution in [0.25, 0.3) is 0 Å². The molecule has 0 amide bonds. The highest BCUT2D eigenvalue weighted by Gasteiger charge is 2.38. The van der Waals surface area contributed by atoms with Crippen molar-refractivity contribution in [2.75, 3.05) is 19.7 Å². The van der Waals surface area contributed by atoms with E-state index < -0.39 is 0 Å². The lowest BCUT2D eigenvalue weighted by Crippen LogP contribution is -2.57. The molecule has 0 spiro atoms. The van der Waals surface area contributed by atoms with Crippen molar-refractivity contribution in [3.63, 3.8) is 0 Å². The zero-order chi connectivity index (χ0) is 14.5. The van der Waals surface area contributed by atoms with Crippen LogP contribution in [0.15, 0.2) is 54.6 Å². The molecule has 0 unspecified atom stereocenters. The predicted octanol–water partition coefficient (Wildman–Crippen LogP) is 3.70. The molecule has 1 aliphatic rings. The van der Waals surface area contributed by atoms with Gasteiger partial charge in [0.05, 0.1) is 6.61 Å². The van der Waals surface area contributed by atoms with Crippen molar-refractivity contribution in [2.24, 2.45) is 0 Å². The molecule has 0 bridgehead atoms. The van der Waals surface area contributed by atoms with Gasteiger partial charge in [-0.1, -0.05) is 42.5 Å². The van der Waals surface area contributed by atoms with Gasteiger partial charge in [0.25, 0.3) is 0 Å². The first kappa shape index (κ1) is 14.2. The van der Waals surface area contributed by atoms with Crippen LogP contribution in [-0.4, -0.2) is 19.7 Å².